The first kappa shape index (κ1) is 23.6. The first-order valence-electron chi connectivity index (χ1n) is 11.1. The monoisotopic (exact) mass is 463 g/mol. The molecular formula is C25H29N5O4. The number of esters is 1. The fourth-order valence-electron chi connectivity index (χ4n) is 4.22. The number of ether oxygens (including phenoxy) is 2. The average Bonchev–Trinajstić information content (AvgIpc) is 2.78. The number of carbonyl (C=O) groups is 1. The molecule has 1 spiro atoms. The molecule has 0 unspecified atom stereocenters. The highest BCUT2D eigenvalue weighted by atomic mass is 16.5. The molecule has 9 nitrogen and oxygen atoms in total. The van der Waals surface area contributed by atoms with Crippen LogP contribution in [0.5, 0.6) is 0 Å². The lowest BCUT2D eigenvalue weighted by atomic mass is 9.78. The maximum atomic E-state index is 13.4. The number of rotatable bonds is 7. The van der Waals surface area contributed by atoms with E-state index in [1.54, 1.807) is 36.1 Å². The van der Waals surface area contributed by atoms with Crippen molar-refractivity contribution < 1.29 is 14.3 Å². The first-order chi connectivity index (χ1) is 16.1. The van der Waals surface area contributed by atoms with Crippen molar-refractivity contribution in [1.29, 1.82) is 0 Å². The molecule has 0 radical (unpaired) electrons. The fourth-order valence-corrected chi connectivity index (χ4v) is 4.22. The lowest BCUT2D eigenvalue weighted by molar-refractivity contribution is -0.143. The third-order valence-corrected chi connectivity index (χ3v) is 5.97. The highest BCUT2D eigenvalue weighted by Gasteiger charge is 2.50. The lowest BCUT2D eigenvalue weighted by Crippen LogP contribution is -2.67. The minimum absolute atomic E-state index is 0. The number of hydrogen-bond donors (Lipinski definition) is 0. The molecule has 2 saturated heterocycles. The summed E-state index contributed by atoms with van der Waals surface area (Å²) in [5.41, 5.74) is 2.20. The number of aryl methyl sites for hydroxylation is 1. The van der Waals surface area contributed by atoms with Crippen LogP contribution >= 0.6 is 0 Å². The minimum atomic E-state index is -0.277. The maximum absolute atomic E-state index is 13.4. The zero-order valence-electron chi connectivity index (χ0n) is 18.4. The van der Waals surface area contributed by atoms with Crippen LogP contribution in [-0.2, 0) is 20.7 Å². The van der Waals surface area contributed by atoms with Crippen LogP contribution in [0.1, 0.15) is 26.5 Å². The number of hydrogen-bond acceptors (Lipinski definition) is 8. The average molecular weight is 464 g/mol. The fraction of sp³-hybridized carbons (Fsp3) is 0.400. The zero-order chi connectivity index (χ0) is 22.8. The second-order valence-corrected chi connectivity index (χ2v) is 8.50. The highest BCUT2D eigenvalue weighted by Crippen LogP contribution is 2.38. The summed E-state index contributed by atoms with van der Waals surface area (Å²) in [6.07, 6.45) is 5.70. The quantitative estimate of drug-likeness (QED) is 0.493. The van der Waals surface area contributed by atoms with E-state index >= 15 is 0 Å². The molecule has 0 N–H and O–H groups in total. The predicted octanol–water partition coefficient (Wildman–Crippen LogP) is 2.66. The Hall–Kier alpha value is -3.59. The Bertz CT molecular complexity index is 1200. The Morgan fingerprint density at radius 1 is 1.15 bits per heavy atom. The SMILES string of the molecule is C.CCOC(=O)CCc1cn(-c2ccc(-c3ncccn3)cc2)c(=O)c(N2CC3(COC3)C2)n1. The van der Waals surface area contributed by atoms with Crippen molar-refractivity contribution in [2.45, 2.75) is 27.2 Å². The number of benzene rings is 1. The first-order valence-corrected chi connectivity index (χ1v) is 11.1. The predicted molar refractivity (Wildman–Crippen MR) is 128 cm³/mol. The Balaban J connectivity index is 0.00000274. The normalized spacial score (nSPS) is 15.7. The van der Waals surface area contributed by atoms with Crippen LogP contribution in [0.4, 0.5) is 5.82 Å². The van der Waals surface area contributed by atoms with E-state index < -0.39 is 0 Å². The molecule has 2 aliphatic heterocycles. The Morgan fingerprint density at radius 2 is 1.85 bits per heavy atom. The van der Waals surface area contributed by atoms with Gasteiger partial charge in [-0.25, -0.2) is 15.0 Å². The topological polar surface area (TPSA) is 99.4 Å². The van der Waals surface area contributed by atoms with E-state index in [1.807, 2.05) is 29.2 Å². The third kappa shape index (κ3) is 4.56. The van der Waals surface area contributed by atoms with E-state index in [-0.39, 0.29) is 30.8 Å². The number of aromatic nitrogens is 4. The molecule has 5 rings (SSSR count). The van der Waals surface area contributed by atoms with Crippen molar-refractivity contribution in [3.63, 3.8) is 0 Å². The lowest BCUT2D eigenvalue weighted by Gasteiger charge is -2.55. The van der Waals surface area contributed by atoms with Gasteiger partial charge < -0.3 is 14.4 Å². The van der Waals surface area contributed by atoms with E-state index in [1.165, 1.54) is 0 Å². The summed E-state index contributed by atoms with van der Waals surface area (Å²) in [5.74, 6) is 0.750. The number of carbonyl (C=O) groups excluding carboxylic acids is 1. The van der Waals surface area contributed by atoms with E-state index in [0.717, 1.165) is 31.9 Å². The molecule has 9 heteroatoms. The molecule has 3 aromatic rings. The van der Waals surface area contributed by atoms with Crippen molar-refractivity contribution in [1.82, 2.24) is 19.5 Å². The Morgan fingerprint density at radius 3 is 2.47 bits per heavy atom. The van der Waals surface area contributed by atoms with Gasteiger partial charge in [0.1, 0.15) is 0 Å². The molecule has 0 saturated carbocycles. The maximum Gasteiger partial charge on any atom is 0.306 e. The summed E-state index contributed by atoms with van der Waals surface area (Å²) in [6.45, 7) is 5.07. The van der Waals surface area contributed by atoms with Crippen LogP contribution < -0.4 is 10.5 Å². The standard InChI is InChI=1S/C24H25N5O4.CH4/c1-2-33-20(30)9-6-18-12-29(19-7-4-17(5-8-19)21-25-10-3-11-26-21)23(31)22(27-18)28-13-24(14-28)15-32-16-24;/h3-5,7-8,10-12H,2,6,9,13-16H2,1H3;1H4. The van der Waals surface area contributed by atoms with Crippen molar-refractivity contribution >= 4 is 11.8 Å². The molecule has 2 aliphatic rings. The number of anilines is 1. The van der Waals surface area contributed by atoms with Gasteiger partial charge in [0.15, 0.2) is 11.6 Å². The van der Waals surface area contributed by atoms with E-state index in [9.17, 15) is 9.59 Å². The van der Waals surface area contributed by atoms with Crippen LogP contribution in [0.25, 0.3) is 17.1 Å². The second-order valence-electron chi connectivity index (χ2n) is 8.50. The molecule has 2 aromatic heterocycles. The summed E-state index contributed by atoms with van der Waals surface area (Å²) < 4.78 is 12.0. The van der Waals surface area contributed by atoms with Crippen molar-refractivity contribution in [2.75, 3.05) is 37.8 Å². The largest absolute Gasteiger partial charge is 0.466 e. The van der Waals surface area contributed by atoms with Gasteiger partial charge in [0.2, 0.25) is 0 Å². The molecule has 1 aromatic carbocycles. The molecule has 2 fully saturated rings. The van der Waals surface area contributed by atoms with Gasteiger partial charge in [0.25, 0.3) is 5.56 Å². The molecule has 0 amide bonds. The van der Waals surface area contributed by atoms with Gasteiger partial charge in [-0.1, -0.05) is 7.43 Å². The van der Waals surface area contributed by atoms with Gasteiger partial charge in [-0.2, -0.15) is 0 Å². The molecule has 34 heavy (non-hydrogen) atoms. The Labute approximate surface area is 198 Å². The zero-order valence-corrected chi connectivity index (χ0v) is 18.4. The van der Waals surface area contributed by atoms with Gasteiger partial charge in [-0.3, -0.25) is 14.2 Å². The van der Waals surface area contributed by atoms with Crippen LogP contribution in [0.3, 0.4) is 0 Å². The molecule has 0 aliphatic carbocycles. The van der Waals surface area contributed by atoms with E-state index in [4.69, 9.17) is 9.47 Å². The second kappa shape index (κ2) is 9.72. The molecule has 4 heterocycles. The molecule has 0 bridgehead atoms. The smallest absolute Gasteiger partial charge is 0.306 e. The summed E-state index contributed by atoms with van der Waals surface area (Å²) >= 11 is 0. The third-order valence-electron chi connectivity index (χ3n) is 5.97. The summed E-state index contributed by atoms with van der Waals surface area (Å²) in [4.78, 5) is 40.4. The van der Waals surface area contributed by atoms with Gasteiger partial charge in [-0.05, 0) is 37.3 Å². The molecule has 0 atom stereocenters. The molecular weight excluding hydrogens is 434 g/mol. The highest BCUT2D eigenvalue weighted by molar-refractivity contribution is 5.69. The minimum Gasteiger partial charge on any atom is -0.466 e. The van der Waals surface area contributed by atoms with Crippen LogP contribution in [0.2, 0.25) is 0 Å². The van der Waals surface area contributed by atoms with Crippen LogP contribution in [0, 0.1) is 5.41 Å². The van der Waals surface area contributed by atoms with Crippen LogP contribution in [-0.4, -0.2) is 58.4 Å². The summed E-state index contributed by atoms with van der Waals surface area (Å²) in [5, 5.41) is 0. The molecule has 178 valence electrons. The van der Waals surface area contributed by atoms with Crippen molar-refractivity contribution in [3.05, 3.63) is 65.0 Å². The van der Waals surface area contributed by atoms with Crippen molar-refractivity contribution in [3.8, 4) is 17.1 Å². The Kier molecular flexibility index (Phi) is 6.74. The summed E-state index contributed by atoms with van der Waals surface area (Å²) in [6, 6.07) is 9.27. The van der Waals surface area contributed by atoms with Gasteiger partial charge >= 0.3 is 5.97 Å². The van der Waals surface area contributed by atoms with Gasteiger partial charge in [-0.15, -0.1) is 0 Å². The van der Waals surface area contributed by atoms with Crippen molar-refractivity contribution in [2.24, 2.45) is 5.41 Å². The summed E-state index contributed by atoms with van der Waals surface area (Å²) in [7, 11) is 0. The van der Waals surface area contributed by atoms with Gasteiger partial charge in [0.05, 0.1) is 37.4 Å². The number of nitrogens with zero attached hydrogens (tertiary/aromatic N) is 5. The van der Waals surface area contributed by atoms with E-state index in [2.05, 4.69) is 15.0 Å². The van der Waals surface area contributed by atoms with Gasteiger partial charge in [0, 0.05) is 49.4 Å². The van der Waals surface area contributed by atoms with E-state index in [0.29, 0.717) is 36.1 Å². The van der Waals surface area contributed by atoms with Crippen LogP contribution in [0.15, 0.2) is 53.7 Å².